The molecule has 0 saturated heterocycles. The minimum Gasteiger partial charge on any atom is -0.469 e. The number of methoxy groups -OCH3 is 1. The van der Waals surface area contributed by atoms with Gasteiger partial charge in [0.2, 0.25) is 0 Å². The molecule has 0 aromatic rings. The molecule has 66 valence electrons. The topological polar surface area (TPSA) is 46.5 Å². The van der Waals surface area contributed by atoms with Gasteiger partial charge in [-0.15, -0.1) is 0 Å². The number of esters is 1. The molecule has 0 heterocycles. The normalized spacial score (nSPS) is 12.6. The van der Waals surface area contributed by atoms with Crippen LogP contribution in [0.5, 0.6) is 0 Å². The van der Waals surface area contributed by atoms with Crippen molar-refractivity contribution in [1.82, 2.24) is 0 Å². The van der Waals surface area contributed by atoms with Gasteiger partial charge >= 0.3 is 5.97 Å². The molecular weight excluding hydrogens is 164 g/mol. The summed E-state index contributed by atoms with van der Waals surface area (Å²) in [4.78, 5) is 10.6. The number of thioether (sulfide) groups is 1. The van der Waals surface area contributed by atoms with Gasteiger partial charge in [-0.05, 0) is 18.4 Å². The zero-order valence-electron chi connectivity index (χ0n) is 6.87. The van der Waals surface area contributed by atoms with Crippen LogP contribution in [0.2, 0.25) is 0 Å². The summed E-state index contributed by atoms with van der Waals surface area (Å²) in [5.41, 5.74) is 0. The van der Waals surface area contributed by atoms with Crippen LogP contribution in [0.3, 0.4) is 0 Å². The van der Waals surface area contributed by atoms with Gasteiger partial charge in [-0.1, -0.05) is 0 Å². The molecule has 0 aliphatic carbocycles. The standard InChI is InChI=1S/C7H14O3S/c1-10-7(9)5-6(8)3-4-11-2/h6,8H,3-5H2,1-2H3. The molecule has 0 fully saturated rings. The van der Waals surface area contributed by atoms with Crippen LogP contribution in [0.4, 0.5) is 0 Å². The summed E-state index contributed by atoms with van der Waals surface area (Å²) in [6.07, 6.45) is 2.17. The minimum absolute atomic E-state index is 0.108. The Morgan fingerprint density at radius 3 is 2.82 bits per heavy atom. The average Bonchev–Trinajstić information content (AvgIpc) is 2.00. The van der Waals surface area contributed by atoms with Gasteiger partial charge in [0.25, 0.3) is 0 Å². The fourth-order valence-electron chi connectivity index (χ4n) is 0.632. The Morgan fingerprint density at radius 2 is 2.36 bits per heavy atom. The average molecular weight is 178 g/mol. The fraction of sp³-hybridized carbons (Fsp3) is 0.857. The third-order valence-electron chi connectivity index (χ3n) is 1.29. The van der Waals surface area contributed by atoms with Crippen molar-refractivity contribution >= 4 is 17.7 Å². The van der Waals surface area contributed by atoms with Gasteiger partial charge in [-0.3, -0.25) is 4.79 Å². The van der Waals surface area contributed by atoms with E-state index in [0.29, 0.717) is 6.42 Å². The predicted molar refractivity (Wildman–Crippen MR) is 45.6 cm³/mol. The number of rotatable bonds is 5. The summed E-state index contributed by atoms with van der Waals surface area (Å²) in [5, 5.41) is 9.17. The van der Waals surface area contributed by atoms with Crippen molar-refractivity contribution < 1.29 is 14.6 Å². The van der Waals surface area contributed by atoms with Crippen LogP contribution in [-0.2, 0) is 9.53 Å². The highest BCUT2D eigenvalue weighted by Gasteiger charge is 2.09. The van der Waals surface area contributed by atoms with Crippen LogP contribution >= 0.6 is 11.8 Å². The maximum atomic E-state index is 10.6. The summed E-state index contributed by atoms with van der Waals surface area (Å²) in [7, 11) is 1.32. The second-order valence-electron chi connectivity index (χ2n) is 2.22. The number of carbonyl (C=O) groups excluding carboxylic acids is 1. The van der Waals surface area contributed by atoms with Crippen LogP contribution in [-0.4, -0.2) is 36.3 Å². The lowest BCUT2D eigenvalue weighted by Crippen LogP contribution is -2.15. The summed E-state index contributed by atoms with van der Waals surface area (Å²) >= 11 is 1.65. The zero-order valence-corrected chi connectivity index (χ0v) is 7.69. The molecule has 1 atom stereocenters. The predicted octanol–water partition coefficient (Wildman–Crippen LogP) is 0.663. The number of aliphatic hydroxyl groups is 1. The van der Waals surface area contributed by atoms with Crippen molar-refractivity contribution in [2.45, 2.75) is 18.9 Å². The lowest BCUT2D eigenvalue weighted by molar-refractivity contribution is -0.142. The summed E-state index contributed by atoms with van der Waals surface area (Å²) in [6, 6.07) is 0. The first-order chi connectivity index (χ1) is 5.20. The number of ether oxygens (including phenoxy) is 1. The van der Waals surface area contributed by atoms with Crippen molar-refractivity contribution in [3.8, 4) is 0 Å². The highest BCUT2D eigenvalue weighted by Crippen LogP contribution is 2.04. The first-order valence-corrected chi connectivity index (χ1v) is 4.84. The smallest absolute Gasteiger partial charge is 0.308 e. The Bertz CT molecular complexity index is 116. The lowest BCUT2D eigenvalue weighted by atomic mass is 10.2. The van der Waals surface area contributed by atoms with E-state index in [2.05, 4.69) is 4.74 Å². The van der Waals surface area contributed by atoms with E-state index in [1.807, 2.05) is 6.26 Å². The highest BCUT2D eigenvalue weighted by molar-refractivity contribution is 7.98. The molecule has 1 unspecified atom stereocenters. The number of hydrogen-bond donors (Lipinski definition) is 1. The molecule has 0 bridgehead atoms. The Labute approximate surface area is 71.1 Å². The van der Waals surface area contributed by atoms with E-state index < -0.39 is 6.10 Å². The first kappa shape index (κ1) is 10.8. The van der Waals surface area contributed by atoms with Crippen molar-refractivity contribution in [2.75, 3.05) is 19.1 Å². The second-order valence-corrected chi connectivity index (χ2v) is 3.20. The van der Waals surface area contributed by atoms with Gasteiger partial charge in [0.05, 0.1) is 19.6 Å². The van der Waals surface area contributed by atoms with E-state index in [1.54, 1.807) is 11.8 Å². The zero-order chi connectivity index (χ0) is 8.69. The molecule has 0 spiro atoms. The molecule has 0 aromatic carbocycles. The van der Waals surface area contributed by atoms with Crippen molar-refractivity contribution in [3.63, 3.8) is 0 Å². The van der Waals surface area contributed by atoms with Gasteiger partial charge in [0.1, 0.15) is 0 Å². The van der Waals surface area contributed by atoms with Gasteiger partial charge in [0.15, 0.2) is 0 Å². The van der Waals surface area contributed by atoms with Gasteiger partial charge in [-0.2, -0.15) is 11.8 Å². The van der Waals surface area contributed by atoms with E-state index >= 15 is 0 Å². The number of carbonyl (C=O) groups is 1. The molecule has 0 radical (unpaired) electrons. The number of hydrogen-bond acceptors (Lipinski definition) is 4. The molecule has 0 aliphatic heterocycles. The molecule has 1 N–H and O–H groups in total. The first-order valence-electron chi connectivity index (χ1n) is 3.44. The summed E-state index contributed by atoms with van der Waals surface area (Å²) in [6.45, 7) is 0. The van der Waals surface area contributed by atoms with Crippen LogP contribution in [0.1, 0.15) is 12.8 Å². The van der Waals surface area contributed by atoms with E-state index in [0.717, 1.165) is 5.75 Å². The quantitative estimate of drug-likeness (QED) is 0.628. The lowest BCUT2D eigenvalue weighted by Gasteiger charge is -2.06. The molecule has 4 heteroatoms. The largest absolute Gasteiger partial charge is 0.469 e. The second kappa shape index (κ2) is 6.49. The SMILES string of the molecule is COC(=O)CC(O)CCSC. The van der Waals surface area contributed by atoms with Gasteiger partial charge < -0.3 is 9.84 Å². The maximum Gasteiger partial charge on any atom is 0.308 e. The molecule has 11 heavy (non-hydrogen) atoms. The Hall–Kier alpha value is -0.220. The Kier molecular flexibility index (Phi) is 6.36. The maximum absolute atomic E-state index is 10.6. The van der Waals surface area contributed by atoms with Crippen LogP contribution in [0, 0.1) is 0 Å². The minimum atomic E-state index is -0.546. The number of aliphatic hydroxyl groups excluding tert-OH is 1. The fourth-order valence-corrected chi connectivity index (χ4v) is 1.14. The monoisotopic (exact) mass is 178 g/mol. The summed E-state index contributed by atoms with van der Waals surface area (Å²) in [5.74, 6) is 0.525. The van der Waals surface area contributed by atoms with E-state index in [1.165, 1.54) is 7.11 Å². The molecule has 0 aromatic heterocycles. The van der Waals surface area contributed by atoms with E-state index in [-0.39, 0.29) is 12.4 Å². The van der Waals surface area contributed by atoms with Crippen molar-refractivity contribution in [2.24, 2.45) is 0 Å². The van der Waals surface area contributed by atoms with Crippen LogP contribution in [0.15, 0.2) is 0 Å². The molecule has 0 rings (SSSR count). The van der Waals surface area contributed by atoms with Crippen molar-refractivity contribution in [3.05, 3.63) is 0 Å². The molecule has 0 aliphatic rings. The molecular formula is C7H14O3S. The molecule has 0 amide bonds. The summed E-state index contributed by atoms with van der Waals surface area (Å²) < 4.78 is 4.40. The van der Waals surface area contributed by atoms with Gasteiger partial charge in [-0.25, -0.2) is 0 Å². The Morgan fingerprint density at radius 1 is 1.73 bits per heavy atom. The Balaban J connectivity index is 3.35. The van der Waals surface area contributed by atoms with Crippen LogP contribution in [0.25, 0.3) is 0 Å². The van der Waals surface area contributed by atoms with Gasteiger partial charge in [0, 0.05) is 0 Å². The molecule has 3 nitrogen and oxygen atoms in total. The third kappa shape index (κ3) is 6.19. The van der Waals surface area contributed by atoms with Crippen LogP contribution < -0.4 is 0 Å². The molecule has 0 saturated carbocycles. The highest BCUT2D eigenvalue weighted by atomic mass is 32.2. The van der Waals surface area contributed by atoms with E-state index in [9.17, 15) is 4.79 Å². The van der Waals surface area contributed by atoms with Crippen molar-refractivity contribution in [1.29, 1.82) is 0 Å². The third-order valence-corrected chi connectivity index (χ3v) is 1.93. The van der Waals surface area contributed by atoms with E-state index in [4.69, 9.17) is 5.11 Å².